The molecule has 0 saturated carbocycles. The minimum absolute atomic E-state index is 0.0668. The number of fused-ring (bicyclic) bond motifs is 1. The normalized spacial score (nSPS) is 12.7. The standard InChI is InChI=1S/C25H27N5O3S/c1-18-22(15-29-23(31)17-34-25-26-10-5-11-27-25)21-8-12-30(16-19(21)14-28-18)24(32)9-13-33-20-6-3-2-4-7-20/h2-7,10-11,14H,8-9,12-13,15-17H2,1H3,(H,29,31). The topological polar surface area (TPSA) is 97.3 Å². The molecular formula is C25H27N5O3S. The lowest BCUT2D eigenvalue weighted by Crippen LogP contribution is -2.37. The van der Waals surface area contributed by atoms with E-state index in [4.69, 9.17) is 4.74 Å². The number of amides is 2. The predicted molar refractivity (Wildman–Crippen MR) is 129 cm³/mol. The Kier molecular flexibility index (Phi) is 8.08. The van der Waals surface area contributed by atoms with E-state index in [1.54, 1.807) is 18.5 Å². The lowest BCUT2D eigenvalue weighted by molar-refractivity contribution is -0.132. The second-order valence-electron chi connectivity index (χ2n) is 7.90. The van der Waals surface area contributed by atoms with Crippen molar-refractivity contribution < 1.29 is 14.3 Å². The number of hydrogen-bond acceptors (Lipinski definition) is 7. The summed E-state index contributed by atoms with van der Waals surface area (Å²) >= 11 is 1.30. The first-order valence-electron chi connectivity index (χ1n) is 11.2. The van der Waals surface area contributed by atoms with Crippen LogP contribution in [0.4, 0.5) is 0 Å². The Labute approximate surface area is 203 Å². The van der Waals surface area contributed by atoms with Crippen LogP contribution in [0.15, 0.2) is 60.1 Å². The molecule has 2 amide bonds. The molecule has 34 heavy (non-hydrogen) atoms. The summed E-state index contributed by atoms with van der Waals surface area (Å²) in [5, 5.41) is 3.56. The van der Waals surface area contributed by atoms with E-state index >= 15 is 0 Å². The molecule has 0 spiro atoms. The summed E-state index contributed by atoms with van der Waals surface area (Å²) in [6.45, 7) is 3.88. The molecular weight excluding hydrogens is 450 g/mol. The zero-order valence-electron chi connectivity index (χ0n) is 19.1. The summed E-state index contributed by atoms with van der Waals surface area (Å²) in [4.78, 5) is 39.7. The second kappa shape index (κ2) is 11.6. The fraction of sp³-hybridized carbons (Fsp3) is 0.320. The Bertz CT molecular complexity index is 1130. The average Bonchev–Trinajstić information content (AvgIpc) is 2.87. The molecule has 1 N–H and O–H groups in total. The van der Waals surface area contributed by atoms with E-state index in [0.29, 0.717) is 37.8 Å². The van der Waals surface area contributed by atoms with Gasteiger partial charge in [0.05, 0.1) is 18.8 Å². The van der Waals surface area contributed by atoms with Gasteiger partial charge in [0.15, 0.2) is 5.16 Å². The highest BCUT2D eigenvalue weighted by atomic mass is 32.2. The summed E-state index contributed by atoms with van der Waals surface area (Å²) in [6.07, 6.45) is 6.22. The van der Waals surface area contributed by atoms with Crippen molar-refractivity contribution in [2.45, 2.75) is 38.0 Å². The minimum atomic E-state index is -0.0829. The first kappa shape index (κ1) is 23.7. The quantitative estimate of drug-likeness (QED) is 0.374. The SMILES string of the molecule is Cc1ncc2c(c1CNC(=O)CSc1ncccn1)CCN(C(=O)CCOc1ccccc1)C2. The van der Waals surface area contributed by atoms with Gasteiger partial charge >= 0.3 is 0 Å². The van der Waals surface area contributed by atoms with Gasteiger partial charge in [-0.15, -0.1) is 0 Å². The van der Waals surface area contributed by atoms with Gasteiger partial charge in [0, 0.05) is 43.9 Å². The molecule has 1 aromatic carbocycles. The molecule has 1 aliphatic heterocycles. The maximum atomic E-state index is 12.7. The number of benzene rings is 1. The lowest BCUT2D eigenvalue weighted by atomic mass is 9.94. The number of pyridine rings is 1. The molecule has 0 atom stereocenters. The van der Waals surface area contributed by atoms with Gasteiger partial charge < -0.3 is 15.0 Å². The number of para-hydroxylation sites is 1. The fourth-order valence-electron chi connectivity index (χ4n) is 3.83. The first-order chi connectivity index (χ1) is 16.6. The van der Waals surface area contributed by atoms with E-state index in [1.807, 2.05) is 48.4 Å². The van der Waals surface area contributed by atoms with Crippen molar-refractivity contribution in [2.75, 3.05) is 18.9 Å². The molecule has 3 heterocycles. The highest BCUT2D eigenvalue weighted by molar-refractivity contribution is 7.99. The van der Waals surface area contributed by atoms with Crippen molar-refractivity contribution in [3.8, 4) is 5.75 Å². The molecule has 0 fully saturated rings. The maximum absolute atomic E-state index is 12.7. The van der Waals surface area contributed by atoms with Gasteiger partial charge in [0.1, 0.15) is 5.75 Å². The van der Waals surface area contributed by atoms with Crippen LogP contribution in [0, 0.1) is 6.92 Å². The van der Waals surface area contributed by atoms with Crippen LogP contribution in [0.3, 0.4) is 0 Å². The number of aromatic nitrogens is 3. The van der Waals surface area contributed by atoms with E-state index in [1.165, 1.54) is 17.3 Å². The Morgan fingerprint density at radius 1 is 1.12 bits per heavy atom. The van der Waals surface area contributed by atoms with Gasteiger partial charge in [-0.2, -0.15) is 0 Å². The molecule has 9 heteroatoms. The molecule has 176 valence electrons. The van der Waals surface area contributed by atoms with Crippen molar-refractivity contribution in [1.29, 1.82) is 0 Å². The third kappa shape index (κ3) is 6.32. The number of nitrogens with zero attached hydrogens (tertiary/aromatic N) is 4. The molecule has 0 unspecified atom stereocenters. The average molecular weight is 478 g/mol. The number of rotatable bonds is 9. The Balaban J connectivity index is 1.30. The van der Waals surface area contributed by atoms with Crippen LogP contribution in [-0.4, -0.2) is 50.6 Å². The summed E-state index contributed by atoms with van der Waals surface area (Å²) in [7, 11) is 0. The Morgan fingerprint density at radius 3 is 2.71 bits per heavy atom. The van der Waals surface area contributed by atoms with Gasteiger partial charge in [-0.25, -0.2) is 9.97 Å². The van der Waals surface area contributed by atoms with Crippen molar-refractivity contribution in [3.05, 3.63) is 77.4 Å². The Morgan fingerprint density at radius 2 is 1.91 bits per heavy atom. The smallest absolute Gasteiger partial charge is 0.230 e. The van der Waals surface area contributed by atoms with Crippen LogP contribution in [0.25, 0.3) is 0 Å². The summed E-state index contributed by atoms with van der Waals surface area (Å²) in [5.41, 5.74) is 4.14. The molecule has 1 aliphatic rings. The van der Waals surface area contributed by atoms with Gasteiger partial charge in [0.2, 0.25) is 11.8 Å². The second-order valence-corrected chi connectivity index (χ2v) is 8.84. The van der Waals surface area contributed by atoms with Crippen molar-refractivity contribution >= 4 is 23.6 Å². The minimum Gasteiger partial charge on any atom is -0.493 e. The molecule has 0 aliphatic carbocycles. The van der Waals surface area contributed by atoms with Crippen molar-refractivity contribution in [2.24, 2.45) is 0 Å². The van der Waals surface area contributed by atoms with Crippen LogP contribution in [0.1, 0.15) is 28.8 Å². The molecule has 0 saturated heterocycles. The lowest BCUT2D eigenvalue weighted by Gasteiger charge is -2.30. The largest absolute Gasteiger partial charge is 0.493 e. The molecule has 2 aromatic heterocycles. The van der Waals surface area contributed by atoms with Gasteiger partial charge in [-0.1, -0.05) is 30.0 Å². The van der Waals surface area contributed by atoms with E-state index in [0.717, 1.165) is 29.0 Å². The van der Waals surface area contributed by atoms with E-state index in [2.05, 4.69) is 20.3 Å². The third-order valence-corrected chi connectivity index (χ3v) is 6.49. The van der Waals surface area contributed by atoms with Crippen LogP contribution in [0.2, 0.25) is 0 Å². The van der Waals surface area contributed by atoms with E-state index < -0.39 is 0 Å². The number of carbonyl (C=O) groups excluding carboxylic acids is 2. The van der Waals surface area contributed by atoms with Crippen LogP contribution < -0.4 is 10.1 Å². The number of nitrogens with one attached hydrogen (secondary N) is 1. The molecule has 3 aromatic rings. The predicted octanol–water partition coefficient (Wildman–Crippen LogP) is 2.94. The number of aryl methyl sites for hydroxylation is 1. The van der Waals surface area contributed by atoms with Crippen LogP contribution in [-0.2, 0) is 29.1 Å². The molecule has 4 rings (SSSR count). The molecule has 8 nitrogen and oxygen atoms in total. The first-order valence-corrected chi connectivity index (χ1v) is 12.2. The summed E-state index contributed by atoms with van der Waals surface area (Å²) < 4.78 is 5.66. The monoisotopic (exact) mass is 477 g/mol. The van der Waals surface area contributed by atoms with E-state index in [-0.39, 0.29) is 17.6 Å². The van der Waals surface area contributed by atoms with Gasteiger partial charge in [-0.3, -0.25) is 14.6 Å². The molecule has 0 radical (unpaired) electrons. The number of hydrogen-bond donors (Lipinski definition) is 1. The number of carbonyl (C=O) groups is 2. The van der Waals surface area contributed by atoms with E-state index in [9.17, 15) is 9.59 Å². The summed E-state index contributed by atoms with van der Waals surface area (Å²) in [5.74, 6) is 0.997. The maximum Gasteiger partial charge on any atom is 0.230 e. The number of ether oxygens (including phenoxy) is 1. The van der Waals surface area contributed by atoms with Gasteiger partial charge in [0.25, 0.3) is 0 Å². The fourth-order valence-corrected chi connectivity index (χ4v) is 4.46. The molecule has 0 bridgehead atoms. The van der Waals surface area contributed by atoms with Crippen molar-refractivity contribution in [1.82, 2.24) is 25.2 Å². The van der Waals surface area contributed by atoms with Crippen molar-refractivity contribution in [3.63, 3.8) is 0 Å². The highest BCUT2D eigenvalue weighted by Crippen LogP contribution is 2.24. The zero-order valence-corrected chi connectivity index (χ0v) is 19.9. The van der Waals surface area contributed by atoms with Crippen LogP contribution >= 0.6 is 11.8 Å². The number of thioether (sulfide) groups is 1. The van der Waals surface area contributed by atoms with Gasteiger partial charge in [-0.05, 0) is 48.2 Å². The summed E-state index contributed by atoms with van der Waals surface area (Å²) in [6, 6.07) is 11.2. The Hall–Kier alpha value is -3.46. The highest BCUT2D eigenvalue weighted by Gasteiger charge is 2.24. The van der Waals surface area contributed by atoms with Crippen LogP contribution in [0.5, 0.6) is 5.75 Å². The third-order valence-electron chi connectivity index (χ3n) is 5.61. The zero-order chi connectivity index (χ0) is 23.8.